The molecule has 21 heavy (non-hydrogen) atoms. The second-order valence-corrected chi connectivity index (χ2v) is 4.75. The summed E-state index contributed by atoms with van der Waals surface area (Å²) >= 11 is 0. The van der Waals surface area contributed by atoms with Gasteiger partial charge in [0.2, 0.25) is 0 Å². The Labute approximate surface area is 122 Å². The predicted molar refractivity (Wildman–Crippen MR) is 76.6 cm³/mol. The number of hydrogen-bond donors (Lipinski definition) is 0. The van der Waals surface area contributed by atoms with Gasteiger partial charge in [0, 0.05) is 18.1 Å². The van der Waals surface area contributed by atoms with Crippen LogP contribution >= 0.6 is 0 Å². The number of halogens is 2. The number of ketones is 1. The summed E-state index contributed by atoms with van der Waals surface area (Å²) in [6, 6.07) is 9.86. The molecule has 2 nitrogen and oxygen atoms in total. The van der Waals surface area contributed by atoms with E-state index in [9.17, 15) is 13.6 Å². The van der Waals surface area contributed by atoms with E-state index < -0.39 is 11.6 Å². The Morgan fingerprint density at radius 3 is 2.24 bits per heavy atom. The van der Waals surface area contributed by atoms with Crippen LogP contribution in [0.5, 0.6) is 5.75 Å². The lowest BCUT2D eigenvalue weighted by molar-refractivity contribution is 0.0993. The molecule has 2 rings (SSSR count). The predicted octanol–water partition coefficient (Wildman–Crippen LogP) is 4.18. The lowest BCUT2D eigenvalue weighted by Gasteiger charge is -2.06. The first-order valence-electron chi connectivity index (χ1n) is 6.79. The summed E-state index contributed by atoms with van der Waals surface area (Å²) in [4.78, 5) is 12.1. The van der Waals surface area contributed by atoms with Crippen LogP contribution in [0, 0.1) is 11.6 Å². The molecule has 0 saturated carbocycles. The molecule has 0 amide bonds. The second kappa shape index (κ2) is 6.97. The smallest absolute Gasteiger partial charge is 0.167 e. The third-order valence-corrected chi connectivity index (χ3v) is 2.94. The zero-order chi connectivity index (χ0) is 15.2. The molecule has 0 N–H and O–H groups in total. The third-order valence-electron chi connectivity index (χ3n) is 2.94. The first-order valence-corrected chi connectivity index (χ1v) is 6.79. The maximum atomic E-state index is 13.1. The maximum absolute atomic E-state index is 13.1. The molecule has 0 spiro atoms. The second-order valence-electron chi connectivity index (χ2n) is 4.75. The molecule has 4 heteroatoms. The molecule has 0 bridgehead atoms. The van der Waals surface area contributed by atoms with E-state index in [2.05, 4.69) is 0 Å². The van der Waals surface area contributed by atoms with Crippen LogP contribution in [0.15, 0.2) is 42.5 Å². The molecule has 0 aliphatic rings. The largest absolute Gasteiger partial charge is 0.494 e. The summed E-state index contributed by atoms with van der Waals surface area (Å²) in [5.74, 6) is -0.852. The van der Waals surface area contributed by atoms with Crippen LogP contribution in [0.2, 0.25) is 0 Å². The van der Waals surface area contributed by atoms with Gasteiger partial charge in [-0.1, -0.05) is 6.92 Å². The summed E-state index contributed by atoms with van der Waals surface area (Å²) in [7, 11) is 0. The van der Waals surface area contributed by atoms with Gasteiger partial charge in [0.15, 0.2) is 5.78 Å². The number of carbonyl (C=O) groups is 1. The molecule has 0 heterocycles. The van der Waals surface area contributed by atoms with E-state index >= 15 is 0 Å². The molecule has 0 aromatic heterocycles. The summed E-state index contributed by atoms with van der Waals surface area (Å²) < 4.78 is 31.6. The summed E-state index contributed by atoms with van der Waals surface area (Å²) in [6.07, 6.45) is 0.871. The number of hydrogen-bond acceptors (Lipinski definition) is 2. The summed E-state index contributed by atoms with van der Waals surface area (Å²) in [5.41, 5.74) is 0.812. The van der Waals surface area contributed by atoms with E-state index in [1.54, 1.807) is 24.3 Å². The topological polar surface area (TPSA) is 26.3 Å². The minimum atomic E-state index is -0.680. The zero-order valence-corrected chi connectivity index (χ0v) is 11.7. The Morgan fingerprint density at radius 2 is 1.67 bits per heavy atom. The van der Waals surface area contributed by atoms with Crippen molar-refractivity contribution in [1.29, 1.82) is 0 Å². The molecule has 0 saturated heterocycles. The minimum absolute atomic E-state index is 0.0379. The zero-order valence-electron chi connectivity index (χ0n) is 11.7. The summed E-state index contributed by atoms with van der Waals surface area (Å²) in [6.45, 7) is 2.63. The van der Waals surface area contributed by atoms with Gasteiger partial charge in [0.1, 0.15) is 17.4 Å². The van der Waals surface area contributed by atoms with Gasteiger partial charge in [-0.05, 0) is 48.4 Å². The van der Waals surface area contributed by atoms with Gasteiger partial charge >= 0.3 is 0 Å². The van der Waals surface area contributed by atoms with Gasteiger partial charge in [0.25, 0.3) is 0 Å². The van der Waals surface area contributed by atoms with E-state index in [1.807, 2.05) is 6.92 Å². The third kappa shape index (κ3) is 4.38. The van der Waals surface area contributed by atoms with Crippen molar-refractivity contribution in [1.82, 2.24) is 0 Å². The van der Waals surface area contributed by atoms with E-state index in [0.29, 0.717) is 23.5 Å². The highest BCUT2D eigenvalue weighted by atomic mass is 19.1. The van der Waals surface area contributed by atoms with E-state index in [0.717, 1.165) is 12.5 Å². The van der Waals surface area contributed by atoms with Crippen molar-refractivity contribution >= 4 is 5.78 Å². The van der Waals surface area contributed by atoms with Gasteiger partial charge in [-0.15, -0.1) is 0 Å². The van der Waals surface area contributed by atoms with Crippen LogP contribution in [0.25, 0.3) is 0 Å². The van der Waals surface area contributed by atoms with Gasteiger partial charge in [-0.25, -0.2) is 8.78 Å². The van der Waals surface area contributed by atoms with Crippen molar-refractivity contribution < 1.29 is 18.3 Å². The van der Waals surface area contributed by atoms with Crippen LogP contribution in [-0.2, 0) is 6.42 Å². The molecule has 0 aliphatic carbocycles. The first-order chi connectivity index (χ1) is 10.1. The normalized spacial score (nSPS) is 10.4. The minimum Gasteiger partial charge on any atom is -0.494 e. The highest BCUT2D eigenvalue weighted by Gasteiger charge is 2.09. The number of Topliss-reactive ketones (excluding diaryl/α,β-unsaturated/α-hetero) is 1. The fourth-order valence-corrected chi connectivity index (χ4v) is 1.96. The number of rotatable bonds is 6. The molecule has 0 unspecified atom stereocenters. The lowest BCUT2D eigenvalue weighted by atomic mass is 10.0. The van der Waals surface area contributed by atoms with Crippen molar-refractivity contribution in [2.75, 3.05) is 6.61 Å². The lowest BCUT2D eigenvalue weighted by Crippen LogP contribution is -2.04. The fraction of sp³-hybridized carbons (Fsp3) is 0.235. The standard InChI is InChI=1S/C17H16F2O2/c1-2-7-21-16-5-3-13(4-6-16)17(20)10-12-8-14(18)11-15(19)9-12/h3-6,8-9,11H,2,7,10H2,1H3. The monoisotopic (exact) mass is 290 g/mol. The number of benzene rings is 2. The Bertz CT molecular complexity index is 601. The van der Waals surface area contributed by atoms with E-state index in [-0.39, 0.29) is 12.2 Å². The molecule has 110 valence electrons. The van der Waals surface area contributed by atoms with E-state index in [4.69, 9.17) is 4.74 Å². The highest BCUT2D eigenvalue weighted by molar-refractivity contribution is 5.97. The molecular weight excluding hydrogens is 274 g/mol. The van der Waals surface area contributed by atoms with Crippen molar-refractivity contribution in [3.8, 4) is 5.75 Å². The van der Waals surface area contributed by atoms with Gasteiger partial charge in [-0.2, -0.15) is 0 Å². The van der Waals surface area contributed by atoms with E-state index in [1.165, 1.54) is 12.1 Å². The number of carbonyl (C=O) groups excluding carboxylic acids is 1. The van der Waals surface area contributed by atoms with Crippen LogP contribution < -0.4 is 4.74 Å². The van der Waals surface area contributed by atoms with Gasteiger partial charge < -0.3 is 4.74 Å². The van der Waals surface area contributed by atoms with Crippen LogP contribution in [-0.4, -0.2) is 12.4 Å². The van der Waals surface area contributed by atoms with Crippen LogP contribution in [0.4, 0.5) is 8.78 Å². The van der Waals surface area contributed by atoms with Crippen molar-refractivity contribution in [2.24, 2.45) is 0 Å². The Balaban J connectivity index is 2.06. The molecule has 0 fully saturated rings. The molecule has 0 aliphatic heterocycles. The van der Waals surface area contributed by atoms with Crippen LogP contribution in [0.1, 0.15) is 29.3 Å². The van der Waals surface area contributed by atoms with Crippen molar-refractivity contribution in [3.05, 3.63) is 65.2 Å². The van der Waals surface area contributed by atoms with Gasteiger partial charge in [0.05, 0.1) is 6.61 Å². The average molecular weight is 290 g/mol. The average Bonchev–Trinajstić information content (AvgIpc) is 2.44. The first kappa shape index (κ1) is 15.2. The fourth-order valence-electron chi connectivity index (χ4n) is 1.96. The quantitative estimate of drug-likeness (QED) is 0.746. The van der Waals surface area contributed by atoms with Crippen molar-refractivity contribution in [3.63, 3.8) is 0 Å². The van der Waals surface area contributed by atoms with Crippen LogP contribution in [0.3, 0.4) is 0 Å². The molecular formula is C17H16F2O2. The molecule has 2 aromatic rings. The highest BCUT2D eigenvalue weighted by Crippen LogP contribution is 2.15. The van der Waals surface area contributed by atoms with Gasteiger partial charge in [-0.3, -0.25) is 4.79 Å². The maximum Gasteiger partial charge on any atom is 0.167 e. The Hall–Kier alpha value is -2.23. The molecule has 0 atom stereocenters. The summed E-state index contributed by atoms with van der Waals surface area (Å²) in [5, 5.41) is 0. The Morgan fingerprint density at radius 1 is 1.05 bits per heavy atom. The Kier molecular flexibility index (Phi) is 5.04. The molecule has 0 radical (unpaired) electrons. The molecule has 2 aromatic carbocycles. The number of ether oxygens (including phenoxy) is 1. The SMILES string of the molecule is CCCOc1ccc(C(=O)Cc2cc(F)cc(F)c2)cc1. The van der Waals surface area contributed by atoms with Crippen molar-refractivity contribution in [2.45, 2.75) is 19.8 Å².